The normalized spacial score (nSPS) is 29.0. The molecule has 2 saturated heterocycles. The maximum absolute atomic E-state index is 14.8. The number of carbonyl (C=O) groups excluding carboxylic acids is 3. The van der Waals surface area contributed by atoms with Crippen LogP contribution in [-0.4, -0.2) is 101 Å². The minimum atomic E-state index is -0.770. The Bertz CT molecular complexity index is 1590. The molecule has 3 amide bonds. The molecule has 4 heterocycles. The molecule has 0 spiro atoms. The van der Waals surface area contributed by atoms with Gasteiger partial charge in [0, 0.05) is 69.0 Å². The van der Waals surface area contributed by atoms with Gasteiger partial charge in [0.25, 0.3) is 0 Å². The molecular weight excluding hydrogens is 597 g/mol. The van der Waals surface area contributed by atoms with Crippen molar-refractivity contribution in [3.63, 3.8) is 0 Å². The number of hydrogen-bond donors (Lipinski definition) is 2. The highest BCUT2D eigenvalue weighted by atomic mass is 32.1. The van der Waals surface area contributed by atoms with E-state index in [-0.39, 0.29) is 41.4 Å². The van der Waals surface area contributed by atoms with Crippen LogP contribution in [0, 0.1) is 18.2 Å². The number of esters is 1. The van der Waals surface area contributed by atoms with Crippen molar-refractivity contribution in [3.8, 4) is 0 Å². The van der Waals surface area contributed by atoms with Crippen molar-refractivity contribution in [1.29, 1.82) is 0 Å². The SMILES string of the molecule is CCOC(=O)C1=C(CN2CCN3C(=O)N(C45CC(CNC(C)=O)(C4)C5)C[C@@H]3C2)NC(c2nccs2)=N[C@H]1c1cccc(F)c1C. The Balaban J connectivity index is 1.13. The lowest BCUT2D eigenvalue weighted by Gasteiger charge is -2.73. The fraction of sp³-hybridized carbons (Fsp3) is 0.531. The Morgan fingerprint density at radius 1 is 1.22 bits per heavy atom. The Morgan fingerprint density at radius 3 is 2.73 bits per heavy atom. The summed E-state index contributed by atoms with van der Waals surface area (Å²) in [5.41, 5.74) is 2.09. The van der Waals surface area contributed by atoms with Crippen molar-refractivity contribution in [3.05, 3.63) is 63.0 Å². The molecule has 6 aliphatic rings. The number of ether oxygens (including phenoxy) is 1. The standard InChI is InChI=1S/C32H38FN7O4S/c1-4-44-29(42)25-24(36-27(28-34-8-11-45-28)37-26(25)22-6-5-7-23(33)19(22)2)14-38-9-10-39-21(12-38)13-40(30(39)43)32-15-31(16-32,17-32)18-35-20(3)41/h5-8,11,21,26H,4,9-10,12-18H2,1-3H3,(H,35,41)(H,36,37)/t21-,26-,31?,32?/m0/s1. The molecule has 3 saturated carbocycles. The van der Waals surface area contributed by atoms with Crippen LogP contribution in [0.15, 0.2) is 46.0 Å². The number of aromatic nitrogens is 1. The Morgan fingerprint density at radius 2 is 2.02 bits per heavy atom. The van der Waals surface area contributed by atoms with Crippen LogP contribution in [0.4, 0.5) is 9.18 Å². The number of rotatable bonds is 9. The fourth-order valence-corrected chi connectivity index (χ4v) is 8.61. The van der Waals surface area contributed by atoms with Crippen molar-refractivity contribution >= 4 is 35.1 Å². The summed E-state index contributed by atoms with van der Waals surface area (Å²) in [6.45, 7) is 8.84. The summed E-state index contributed by atoms with van der Waals surface area (Å²) in [5, 5.41) is 8.89. The van der Waals surface area contributed by atoms with Gasteiger partial charge in [-0.1, -0.05) is 12.1 Å². The summed E-state index contributed by atoms with van der Waals surface area (Å²) in [4.78, 5) is 54.2. The average molecular weight is 636 g/mol. The summed E-state index contributed by atoms with van der Waals surface area (Å²) >= 11 is 1.43. The van der Waals surface area contributed by atoms with Gasteiger partial charge in [-0.2, -0.15) is 0 Å². The molecule has 238 valence electrons. The van der Waals surface area contributed by atoms with Crippen LogP contribution in [0.2, 0.25) is 0 Å². The lowest BCUT2D eigenvalue weighted by molar-refractivity contribution is -0.197. The maximum Gasteiger partial charge on any atom is 0.338 e. The number of nitrogens with one attached hydrogen (secondary N) is 2. The highest BCUT2D eigenvalue weighted by Crippen LogP contribution is 2.70. The molecule has 2 aromatic rings. The number of urea groups is 1. The van der Waals surface area contributed by atoms with Crippen molar-refractivity contribution < 1.29 is 23.5 Å². The molecule has 1 aromatic heterocycles. The second-order valence-electron chi connectivity index (χ2n) is 13.0. The van der Waals surface area contributed by atoms with Crippen LogP contribution in [0.25, 0.3) is 0 Å². The average Bonchev–Trinajstić information content (AvgIpc) is 3.61. The Labute approximate surface area is 265 Å². The summed E-state index contributed by atoms with van der Waals surface area (Å²) in [7, 11) is 0. The van der Waals surface area contributed by atoms with Gasteiger partial charge in [0.1, 0.15) is 11.9 Å². The fourth-order valence-electron chi connectivity index (χ4n) is 8.02. The molecule has 5 fully saturated rings. The summed E-state index contributed by atoms with van der Waals surface area (Å²) in [6, 6.07) is 4.22. The number of halogens is 1. The van der Waals surface area contributed by atoms with Gasteiger partial charge in [0.05, 0.1) is 18.2 Å². The van der Waals surface area contributed by atoms with Crippen molar-refractivity contribution in [2.75, 3.05) is 45.9 Å². The summed E-state index contributed by atoms with van der Waals surface area (Å²) < 4.78 is 20.3. The molecule has 0 unspecified atom stereocenters. The second-order valence-corrected chi connectivity index (χ2v) is 13.9. The number of amides is 3. The quantitative estimate of drug-likeness (QED) is 0.407. The van der Waals surface area contributed by atoms with Crippen LogP contribution in [-0.2, 0) is 14.3 Å². The van der Waals surface area contributed by atoms with Crippen LogP contribution < -0.4 is 10.6 Å². The molecule has 11 nitrogen and oxygen atoms in total. The van der Waals surface area contributed by atoms with E-state index in [1.807, 2.05) is 10.3 Å². The highest BCUT2D eigenvalue weighted by molar-refractivity contribution is 7.11. The van der Waals surface area contributed by atoms with E-state index in [1.165, 1.54) is 17.4 Å². The molecule has 2 bridgehead atoms. The van der Waals surface area contributed by atoms with E-state index in [1.54, 1.807) is 39.1 Å². The van der Waals surface area contributed by atoms with Gasteiger partial charge in [-0.25, -0.2) is 19.0 Å². The molecule has 1 aromatic carbocycles. The number of thiazole rings is 1. The first-order valence-electron chi connectivity index (χ1n) is 15.6. The first kappa shape index (κ1) is 29.8. The first-order chi connectivity index (χ1) is 21.6. The van der Waals surface area contributed by atoms with Crippen LogP contribution in [0.1, 0.15) is 55.3 Å². The van der Waals surface area contributed by atoms with Crippen LogP contribution in [0.3, 0.4) is 0 Å². The molecular formula is C32H38FN7O4S. The third kappa shape index (κ3) is 5.09. The number of fused-ring (bicyclic) bond motifs is 1. The van der Waals surface area contributed by atoms with E-state index in [4.69, 9.17) is 9.73 Å². The molecule has 13 heteroatoms. The predicted molar refractivity (Wildman–Crippen MR) is 166 cm³/mol. The molecule has 8 rings (SSSR count). The maximum atomic E-state index is 14.8. The lowest BCUT2D eigenvalue weighted by atomic mass is 9.38. The van der Waals surface area contributed by atoms with E-state index in [9.17, 15) is 18.8 Å². The van der Waals surface area contributed by atoms with Crippen molar-refractivity contribution in [1.82, 2.24) is 30.3 Å². The third-order valence-corrected chi connectivity index (χ3v) is 10.9. The van der Waals surface area contributed by atoms with Gasteiger partial charge >= 0.3 is 12.0 Å². The third-order valence-electron chi connectivity index (χ3n) is 10.1. The zero-order valence-corrected chi connectivity index (χ0v) is 26.6. The number of carbonyl (C=O) groups is 3. The highest BCUT2D eigenvalue weighted by Gasteiger charge is 2.72. The van der Waals surface area contributed by atoms with Crippen LogP contribution in [0.5, 0.6) is 0 Å². The summed E-state index contributed by atoms with van der Waals surface area (Å²) in [5.74, 6) is -0.342. The Kier molecular flexibility index (Phi) is 7.43. The van der Waals surface area contributed by atoms with Gasteiger partial charge in [-0.05, 0) is 55.7 Å². The lowest BCUT2D eigenvalue weighted by Crippen LogP contribution is -2.77. The molecule has 3 aliphatic heterocycles. The van der Waals surface area contributed by atoms with Gasteiger partial charge < -0.3 is 25.2 Å². The molecule has 45 heavy (non-hydrogen) atoms. The second kappa shape index (κ2) is 11.2. The van der Waals surface area contributed by atoms with Gasteiger partial charge in [0.15, 0.2) is 10.8 Å². The van der Waals surface area contributed by atoms with E-state index < -0.39 is 12.0 Å². The number of aliphatic imine (C=N–C) groups is 1. The van der Waals surface area contributed by atoms with E-state index in [0.717, 1.165) is 19.3 Å². The van der Waals surface area contributed by atoms with Gasteiger partial charge in [-0.15, -0.1) is 11.3 Å². The molecule has 2 N–H and O–H groups in total. The summed E-state index contributed by atoms with van der Waals surface area (Å²) in [6.07, 6.45) is 4.52. The van der Waals surface area contributed by atoms with E-state index in [0.29, 0.717) is 72.5 Å². The smallest absolute Gasteiger partial charge is 0.338 e. The predicted octanol–water partition coefficient (Wildman–Crippen LogP) is 2.98. The monoisotopic (exact) mass is 635 g/mol. The van der Waals surface area contributed by atoms with Gasteiger partial charge in [-0.3, -0.25) is 14.7 Å². The van der Waals surface area contributed by atoms with Crippen molar-refractivity contribution in [2.45, 2.75) is 57.7 Å². The zero-order chi connectivity index (χ0) is 31.5. The minimum Gasteiger partial charge on any atom is -0.463 e. The first-order valence-corrected chi connectivity index (χ1v) is 16.4. The number of hydrogen-bond acceptors (Lipinski definition) is 9. The number of amidine groups is 1. The number of benzene rings is 1. The number of piperazine rings is 1. The molecule has 3 aliphatic carbocycles. The largest absolute Gasteiger partial charge is 0.463 e. The van der Waals surface area contributed by atoms with E-state index in [2.05, 4.69) is 25.4 Å². The Hall–Kier alpha value is -3.84. The molecule has 2 atom stereocenters. The van der Waals surface area contributed by atoms with Gasteiger partial charge in [0.2, 0.25) is 5.91 Å². The molecule has 0 radical (unpaired) electrons. The van der Waals surface area contributed by atoms with E-state index >= 15 is 0 Å². The number of nitrogens with zero attached hydrogens (tertiary/aromatic N) is 5. The minimum absolute atomic E-state index is 0.0145. The van der Waals surface area contributed by atoms with Crippen molar-refractivity contribution in [2.24, 2.45) is 10.4 Å². The topological polar surface area (TPSA) is 119 Å². The zero-order valence-electron chi connectivity index (χ0n) is 25.8. The van der Waals surface area contributed by atoms with Crippen LogP contribution >= 0.6 is 11.3 Å².